The average molecular weight is 310 g/mol. The van der Waals surface area contributed by atoms with E-state index in [1.807, 2.05) is 18.7 Å². The van der Waals surface area contributed by atoms with Crippen LogP contribution in [0.4, 0.5) is 8.78 Å². The van der Waals surface area contributed by atoms with Crippen LogP contribution in [0.3, 0.4) is 0 Å². The van der Waals surface area contributed by atoms with E-state index in [1.54, 1.807) is 12.1 Å². The number of rotatable bonds is 5. The molecule has 0 saturated carbocycles. The van der Waals surface area contributed by atoms with Crippen molar-refractivity contribution < 1.29 is 13.6 Å². The summed E-state index contributed by atoms with van der Waals surface area (Å²) in [4.78, 5) is 14.2. The predicted molar refractivity (Wildman–Crippen MR) is 82.7 cm³/mol. The minimum Gasteiger partial charge on any atom is -0.348 e. The number of alkyl halides is 1. The highest BCUT2D eigenvalue weighted by Crippen LogP contribution is 2.22. The monoisotopic (exact) mass is 310 g/mol. The van der Waals surface area contributed by atoms with Gasteiger partial charge in [-0.05, 0) is 36.5 Å². The van der Waals surface area contributed by atoms with Gasteiger partial charge in [0, 0.05) is 13.1 Å². The predicted octanol–water partition coefficient (Wildman–Crippen LogP) is 3.07. The Hall–Kier alpha value is -1.49. The van der Waals surface area contributed by atoms with Crippen molar-refractivity contribution in [2.45, 2.75) is 38.9 Å². The van der Waals surface area contributed by atoms with Gasteiger partial charge in [0.2, 0.25) is 5.91 Å². The minimum absolute atomic E-state index is 0.0691. The molecular weight excluding hydrogens is 286 g/mol. The first-order valence-corrected chi connectivity index (χ1v) is 7.87. The lowest BCUT2D eigenvalue weighted by Crippen LogP contribution is -2.43. The molecular formula is C17H24F2N2O. The Morgan fingerprint density at radius 1 is 1.27 bits per heavy atom. The number of carbonyl (C=O) groups is 1. The summed E-state index contributed by atoms with van der Waals surface area (Å²) in [5, 5.41) is 3.01. The van der Waals surface area contributed by atoms with E-state index < -0.39 is 6.17 Å². The van der Waals surface area contributed by atoms with Crippen LogP contribution < -0.4 is 5.32 Å². The normalized spacial score (nSPS) is 18.4. The third kappa shape index (κ3) is 4.77. The Morgan fingerprint density at radius 3 is 2.41 bits per heavy atom. The van der Waals surface area contributed by atoms with Crippen molar-refractivity contribution in [3.8, 4) is 0 Å². The zero-order chi connectivity index (χ0) is 16.1. The van der Waals surface area contributed by atoms with Crippen LogP contribution >= 0.6 is 0 Å². The SMILES string of the molecule is CC(C)[C@H](NC(=O)CN1CCC(F)CC1)c1ccc(F)cc1. The van der Waals surface area contributed by atoms with Crippen LogP contribution in [0.1, 0.15) is 38.3 Å². The van der Waals surface area contributed by atoms with Gasteiger partial charge in [0.25, 0.3) is 0 Å². The number of benzene rings is 1. The molecule has 1 heterocycles. The van der Waals surface area contributed by atoms with Gasteiger partial charge in [0.15, 0.2) is 0 Å². The van der Waals surface area contributed by atoms with Crippen LogP contribution in [0.15, 0.2) is 24.3 Å². The van der Waals surface area contributed by atoms with E-state index in [0.717, 1.165) is 5.56 Å². The molecule has 1 amide bonds. The molecule has 1 aliphatic heterocycles. The fraction of sp³-hybridized carbons (Fsp3) is 0.588. The molecule has 1 aromatic carbocycles. The van der Waals surface area contributed by atoms with Crippen molar-refractivity contribution in [3.05, 3.63) is 35.6 Å². The first-order valence-electron chi connectivity index (χ1n) is 7.87. The van der Waals surface area contributed by atoms with Gasteiger partial charge in [-0.2, -0.15) is 0 Å². The fourth-order valence-corrected chi connectivity index (χ4v) is 2.79. The molecule has 0 aliphatic carbocycles. The Balaban J connectivity index is 1.93. The Morgan fingerprint density at radius 2 is 1.86 bits per heavy atom. The molecule has 0 unspecified atom stereocenters. The van der Waals surface area contributed by atoms with Crippen LogP contribution in [0, 0.1) is 11.7 Å². The quantitative estimate of drug-likeness (QED) is 0.906. The Labute approximate surface area is 130 Å². The van der Waals surface area contributed by atoms with Gasteiger partial charge in [-0.1, -0.05) is 26.0 Å². The lowest BCUT2D eigenvalue weighted by atomic mass is 9.96. The van der Waals surface area contributed by atoms with Gasteiger partial charge in [0.1, 0.15) is 12.0 Å². The molecule has 1 aromatic rings. The third-order valence-corrected chi connectivity index (χ3v) is 4.10. The largest absolute Gasteiger partial charge is 0.348 e. The second-order valence-corrected chi connectivity index (χ2v) is 6.29. The molecule has 0 aromatic heterocycles. The van der Waals surface area contributed by atoms with Gasteiger partial charge in [-0.3, -0.25) is 9.69 Å². The number of nitrogens with zero attached hydrogens (tertiary/aromatic N) is 1. The van der Waals surface area contributed by atoms with E-state index in [-0.39, 0.29) is 30.2 Å². The fourth-order valence-electron chi connectivity index (χ4n) is 2.79. The summed E-state index contributed by atoms with van der Waals surface area (Å²) in [6.45, 7) is 5.57. The van der Waals surface area contributed by atoms with Crippen molar-refractivity contribution >= 4 is 5.91 Å². The van der Waals surface area contributed by atoms with Crippen molar-refractivity contribution in [2.75, 3.05) is 19.6 Å². The number of piperidine rings is 1. The van der Waals surface area contributed by atoms with Crippen molar-refractivity contribution in [1.82, 2.24) is 10.2 Å². The summed E-state index contributed by atoms with van der Waals surface area (Å²) >= 11 is 0. The van der Waals surface area contributed by atoms with Gasteiger partial charge < -0.3 is 5.32 Å². The van der Waals surface area contributed by atoms with E-state index in [2.05, 4.69) is 5.32 Å². The molecule has 22 heavy (non-hydrogen) atoms. The van der Waals surface area contributed by atoms with E-state index in [9.17, 15) is 13.6 Å². The van der Waals surface area contributed by atoms with E-state index in [1.165, 1.54) is 12.1 Å². The molecule has 0 radical (unpaired) electrons. The Kier molecular flexibility index (Phi) is 5.89. The second-order valence-electron chi connectivity index (χ2n) is 6.29. The number of amides is 1. The molecule has 1 saturated heterocycles. The minimum atomic E-state index is -0.734. The summed E-state index contributed by atoms with van der Waals surface area (Å²) < 4.78 is 26.1. The molecule has 1 aliphatic rings. The molecule has 0 spiro atoms. The zero-order valence-electron chi connectivity index (χ0n) is 13.2. The van der Waals surface area contributed by atoms with E-state index in [0.29, 0.717) is 25.9 Å². The topological polar surface area (TPSA) is 32.3 Å². The van der Waals surface area contributed by atoms with Crippen LogP contribution in [0.5, 0.6) is 0 Å². The summed E-state index contributed by atoms with van der Waals surface area (Å²) in [5.74, 6) is -0.155. The van der Waals surface area contributed by atoms with Crippen LogP contribution in [0.25, 0.3) is 0 Å². The van der Waals surface area contributed by atoms with Gasteiger partial charge in [0.05, 0.1) is 12.6 Å². The maximum absolute atomic E-state index is 13.1. The highest BCUT2D eigenvalue weighted by atomic mass is 19.1. The number of halogens is 2. The average Bonchev–Trinajstić information content (AvgIpc) is 2.48. The Bertz CT molecular complexity index is 482. The highest BCUT2D eigenvalue weighted by molar-refractivity contribution is 5.78. The molecule has 2 rings (SSSR count). The lowest BCUT2D eigenvalue weighted by molar-refractivity contribution is -0.123. The third-order valence-electron chi connectivity index (χ3n) is 4.10. The number of hydrogen-bond donors (Lipinski definition) is 1. The molecule has 1 atom stereocenters. The number of hydrogen-bond acceptors (Lipinski definition) is 2. The van der Waals surface area contributed by atoms with Crippen LogP contribution in [0.2, 0.25) is 0 Å². The molecule has 122 valence electrons. The van der Waals surface area contributed by atoms with Gasteiger partial charge in [-0.25, -0.2) is 8.78 Å². The summed E-state index contributed by atoms with van der Waals surface area (Å²) in [5.41, 5.74) is 0.896. The number of nitrogens with one attached hydrogen (secondary N) is 1. The smallest absolute Gasteiger partial charge is 0.234 e. The van der Waals surface area contributed by atoms with Crippen molar-refractivity contribution in [3.63, 3.8) is 0 Å². The van der Waals surface area contributed by atoms with E-state index >= 15 is 0 Å². The maximum atomic E-state index is 13.1. The molecule has 3 nitrogen and oxygen atoms in total. The van der Waals surface area contributed by atoms with Gasteiger partial charge >= 0.3 is 0 Å². The first kappa shape index (κ1) is 16.9. The summed E-state index contributed by atoms with van der Waals surface area (Å²) in [6.07, 6.45) is 0.263. The van der Waals surface area contributed by atoms with E-state index in [4.69, 9.17) is 0 Å². The molecule has 1 N–H and O–H groups in total. The second kappa shape index (κ2) is 7.68. The van der Waals surface area contributed by atoms with Crippen LogP contribution in [-0.2, 0) is 4.79 Å². The summed E-state index contributed by atoms with van der Waals surface area (Å²) in [6, 6.07) is 6.07. The number of likely N-dealkylation sites (tertiary alicyclic amines) is 1. The molecule has 1 fully saturated rings. The van der Waals surface area contributed by atoms with Gasteiger partial charge in [-0.15, -0.1) is 0 Å². The number of carbonyl (C=O) groups excluding carboxylic acids is 1. The first-order chi connectivity index (χ1) is 10.5. The standard InChI is InChI=1S/C17H24F2N2O/c1-12(2)17(13-3-5-14(18)6-4-13)20-16(22)11-21-9-7-15(19)8-10-21/h3-6,12,15,17H,7-11H2,1-2H3,(H,20,22)/t17-/m0/s1. The van der Waals surface area contributed by atoms with Crippen molar-refractivity contribution in [1.29, 1.82) is 0 Å². The molecule has 0 bridgehead atoms. The summed E-state index contributed by atoms with van der Waals surface area (Å²) in [7, 11) is 0. The highest BCUT2D eigenvalue weighted by Gasteiger charge is 2.23. The zero-order valence-corrected chi connectivity index (χ0v) is 13.2. The van der Waals surface area contributed by atoms with Crippen molar-refractivity contribution in [2.24, 2.45) is 5.92 Å². The van der Waals surface area contributed by atoms with Crippen LogP contribution in [-0.4, -0.2) is 36.6 Å². The molecule has 5 heteroatoms. The lowest BCUT2D eigenvalue weighted by Gasteiger charge is -2.29. The maximum Gasteiger partial charge on any atom is 0.234 e.